The van der Waals surface area contributed by atoms with E-state index in [1.165, 1.54) is 6.92 Å². The molecular formula is C21H48N6O9. The molecule has 0 aliphatic rings. The number of unbranched alkanes of at least 4 members (excludes halogenated alkanes) is 3. The van der Waals surface area contributed by atoms with Crippen molar-refractivity contribution in [2.45, 2.75) is 88.9 Å². The third-order valence-electron chi connectivity index (χ3n) is 4.22. The minimum Gasteiger partial charge on any atom is -0.480 e. The summed E-state index contributed by atoms with van der Waals surface area (Å²) >= 11 is 0. The predicted octanol–water partition coefficient (Wildman–Crippen LogP) is -1.97. The number of aliphatic hydroxyl groups is 1. The van der Waals surface area contributed by atoms with Crippen LogP contribution in [0.15, 0.2) is 0 Å². The first-order valence-corrected chi connectivity index (χ1v) is 11.7. The summed E-state index contributed by atoms with van der Waals surface area (Å²) in [6.45, 7) is 3.01. The number of aliphatic carboxylic acids is 4. The van der Waals surface area contributed by atoms with Gasteiger partial charge in [-0.1, -0.05) is 19.3 Å². The number of aliphatic hydroxyl groups excluding tert-OH is 1. The topological polar surface area (TPSA) is 326 Å². The molecule has 0 rings (SSSR count). The second kappa shape index (κ2) is 28.8. The normalized spacial score (nSPS) is 13.1. The average Bonchev–Trinajstić information content (AvgIpc) is 2.80. The molecule has 1 unspecified atom stereocenters. The van der Waals surface area contributed by atoms with Crippen LogP contribution < -0.4 is 34.4 Å². The van der Waals surface area contributed by atoms with Gasteiger partial charge < -0.3 is 59.9 Å². The first-order chi connectivity index (χ1) is 16.7. The van der Waals surface area contributed by atoms with E-state index in [4.69, 9.17) is 59.9 Å². The molecule has 0 radical (unpaired) electrons. The van der Waals surface area contributed by atoms with Crippen molar-refractivity contribution in [3.8, 4) is 0 Å². The van der Waals surface area contributed by atoms with Gasteiger partial charge in [0.05, 0.1) is 0 Å². The maximum atomic E-state index is 10.1. The first-order valence-electron chi connectivity index (χ1n) is 11.7. The zero-order valence-electron chi connectivity index (χ0n) is 21.1. The van der Waals surface area contributed by atoms with E-state index < -0.39 is 48.1 Å². The molecule has 0 fully saturated rings. The van der Waals surface area contributed by atoms with Crippen LogP contribution in [0.4, 0.5) is 0 Å². The lowest BCUT2D eigenvalue weighted by molar-refractivity contribution is -0.145. The Balaban J connectivity index is -0.000000193. The Morgan fingerprint density at radius 2 is 0.722 bits per heavy atom. The number of rotatable bonds is 16. The molecule has 0 bridgehead atoms. The maximum Gasteiger partial charge on any atom is 0.332 e. The Bertz CT molecular complexity index is 506. The molecule has 4 atom stereocenters. The van der Waals surface area contributed by atoms with Gasteiger partial charge >= 0.3 is 23.9 Å². The Labute approximate surface area is 212 Å². The smallest absolute Gasteiger partial charge is 0.332 e. The van der Waals surface area contributed by atoms with E-state index in [0.29, 0.717) is 38.9 Å². The summed E-state index contributed by atoms with van der Waals surface area (Å²) in [5, 5.41) is 40.7. The molecule has 0 heterocycles. The van der Waals surface area contributed by atoms with Gasteiger partial charge in [-0.05, 0) is 65.1 Å². The van der Waals surface area contributed by atoms with Crippen LogP contribution in [0, 0.1) is 0 Å². The molecule has 0 aliphatic heterocycles. The zero-order valence-corrected chi connectivity index (χ0v) is 21.1. The van der Waals surface area contributed by atoms with E-state index in [0.717, 1.165) is 38.5 Å². The molecule has 0 aromatic rings. The highest BCUT2D eigenvalue weighted by atomic mass is 16.4. The summed E-state index contributed by atoms with van der Waals surface area (Å²) in [4.78, 5) is 39.9. The lowest BCUT2D eigenvalue weighted by Crippen LogP contribution is -2.29. The van der Waals surface area contributed by atoms with Crippen molar-refractivity contribution in [3.63, 3.8) is 0 Å². The summed E-state index contributed by atoms with van der Waals surface area (Å²) in [5.41, 5.74) is 31.3. The zero-order chi connectivity index (χ0) is 29.1. The summed E-state index contributed by atoms with van der Waals surface area (Å²) in [5.74, 6) is -3.99. The fourth-order valence-corrected chi connectivity index (χ4v) is 1.90. The molecule has 216 valence electrons. The number of hydrogen-bond donors (Lipinski definition) is 11. The van der Waals surface area contributed by atoms with E-state index in [-0.39, 0.29) is 0 Å². The minimum absolute atomic E-state index is 0.520. The molecular weight excluding hydrogens is 480 g/mol. The number of carboxylic acid groups (broad SMARTS) is 4. The third kappa shape index (κ3) is 36.2. The van der Waals surface area contributed by atoms with Gasteiger partial charge in [0.25, 0.3) is 0 Å². The molecule has 0 aromatic heterocycles. The van der Waals surface area contributed by atoms with Crippen LogP contribution in [0.5, 0.6) is 0 Å². The van der Waals surface area contributed by atoms with E-state index in [9.17, 15) is 19.2 Å². The molecule has 15 nitrogen and oxygen atoms in total. The van der Waals surface area contributed by atoms with Gasteiger partial charge in [-0.25, -0.2) is 4.79 Å². The lowest BCUT2D eigenvalue weighted by Gasteiger charge is -2.03. The highest BCUT2D eigenvalue weighted by Crippen LogP contribution is 1.98. The Hall–Kier alpha value is -2.40. The SMILES string of the molecule is CC(O)C(=O)O.NCCCC[C@H](N)C(=O)O.NCCCC[C@H](N)C(=O)O.NCCCC[C@H](N)C(=O)O. The van der Waals surface area contributed by atoms with Crippen LogP contribution in [-0.4, -0.2) is 93.3 Å². The number of carboxylic acids is 4. The molecule has 17 N–H and O–H groups in total. The molecule has 0 saturated heterocycles. The van der Waals surface area contributed by atoms with E-state index in [2.05, 4.69) is 0 Å². The van der Waals surface area contributed by atoms with Gasteiger partial charge in [-0.3, -0.25) is 14.4 Å². The van der Waals surface area contributed by atoms with Crippen molar-refractivity contribution in [3.05, 3.63) is 0 Å². The molecule has 36 heavy (non-hydrogen) atoms. The fraction of sp³-hybridized carbons (Fsp3) is 0.810. The van der Waals surface area contributed by atoms with Crippen molar-refractivity contribution in [1.29, 1.82) is 0 Å². The van der Waals surface area contributed by atoms with Gasteiger partial charge in [-0.2, -0.15) is 0 Å². The Kier molecular flexibility index (Phi) is 32.6. The second-order valence-corrected chi connectivity index (χ2v) is 7.70. The molecule has 0 aliphatic carbocycles. The van der Waals surface area contributed by atoms with Crippen molar-refractivity contribution in [2.24, 2.45) is 34.4 Å². The standard InChI is InChI=1S/3C6H14N2O2.C3H6O3/c3*7-4-2-1-3-5(8)6(9)10;1-2(4)3(5)6/h3*5H,1-4,7-8H2,(H,9,10);2,4H,1H3,(H,5,6)/t3*5-;/m000./s1. The highest BCUT2D eigenvalue weighted by Gasteiger charge is 2.10. The molecule has 0 aromatic carbocycles. The minimum atomic E-state index is -1.23. The molecule has 0 amide bonds. The van der Waals surface area contributed by atoms with Crippen LogP contribution >= 0.6 is 0 Å². The Morgan fingerprint density at radius 1 is 0.528 bits per heavy atom. The quantitative estimate of drug-likeness (QED) is 0.0967. The van der Waals surface area contributed by atoms with Gasteiger partial charge in [-0.15, -0.1) is 0 Å². The van der Waals surface area contributed by atoms with Gasteiger partial charge in [0, 0.05) is 0 Å². The maximum absolute atomic E-state index is 10.1. The van der Waals surface area contributed by atoms with E-state index >= 15 is 0 Å². The number of carbonyl (C=O) groups is 4. The molecule has 0 saturated carbocycles. The molecule has 15 heteroatoms. The van der Waals surface area contributed by atoms with Crippen molar-refractivity contribution in [1.82, 2.24) is 0 Å². The van der Waals surface area contributed by atoms with Crippen LogP contribution in [0.25, 0.3) is 0 Å². The van der Waals surface area contributed by atoms with Crippen LogP contribution in [0.2, 0.25) is 0 Å². The van der Waals surface area contributed by atoms with Gasteiger partial charge in [0.1, 0.15) is 24.2 Å². The first kappa shape index (κ1) is 40.8. The Morgan fingerprint density at radius 3 is 0.833 bits per heavy atom. The summed E-state index contributed by atoms with van der Waals surface area (Å²) in [7, 11) is 0. The van der Waals surface area contributed by atoms with Gasteiger partial charge in [0.2, 0.25) is 0 Å². The van der Waals surface area contributed by atoms with Crippen LogP contribution in [0.1, 0.15) is 64.7 Å². The largest absolute Gasteiger partial charge is 0.480 e. The van der Waals surface area contributed by atoms with Crippen LogP contribution in [-0.2, 0) is 19.2 Å². The highest BCUT2D eigenvalue weighted by molar-refractivity contribution is 5.73. The number of hydrogen-bond acceptors (Lipinski definition) is 11. The lowest BCUT2D eigenvalue weighted by atomic mass is 10.1. The van der Waals surface area contributed by atoms with Gasteiger partial charge in [0.15, 0.2) is 0 Å². The van der Waals surface area contributed by atoms with Crippen molar-refractivity contribution >= 4 is 23.9 Å². The van der Waals surface area contributed by atoms with E-state index in [1.807, 2.05) is 0 Å². The summed E-state index contributed by atoms with van der Waals surface area (Å²) in [6, 6.07) is -2.15. The van der Waals surface area contributed by atoms with E-state index in [1.54, 1.807) is 0 Å². The predicted molar refractivity (Wildman–Crippen MR) is 135 cm³/mol. The number of nitrogens with two attached hydrogens (primary N) is 6. The summed E-state index contributed by atoms with van der Waals surface area (Å²) in [6.07, 6.45) is 5.26. The average molecular weight is 529 g/mol. The van der Waals surface area contributed by atoms with Crippen molar-refractivity contribution < 1.29 is 44.7 Å². The van der Waals surface area contributed by atoms with Crippen LogP contribution in [0.3, 0.4) is 0 Å². The monoisotopic (exact) mass is 528 g/mol. The van der Waals surface area contributed by atoms with Crippen molar-refractivity contribution in [2.75, 3.05) is 19.6 Å². The molecule has 0 spiro atoms. The summed E-state index contributed by atoms with van der Waals surface area (Å²) < 4.78 is 0. The third-order valence-corrected chi connectivity index (χ3v) is 4.22. The second-order valence-electron chi connectivity index (χ2n) is 7.70. The fourth-order valence-electron chi connectivity index (χ4n) is 1.90.